The summed E-state index contributed by atoms with van der Waals surface area (Å²) in [5.41, 5.74) is 0. The lowest BCUT2D eigenvalue weighted by molar-refractivity contribution is -0.127. The Morgan fingerprint density at radius 1 is 1.27 bits per heavy atom. The van der Waals surface area contributed by atoms with E-state index in [-0.39, 0.29) is 29.3 Å². The Hall–Kier alpha value is -1.64. The third kappa shape index (κ3) is 4.36. The summed E-state index contributed by atoms with van der Waals surface area (Å²) in [6.07, 6.45) is 3.00. The molecular formula is C18H26N2O5S. The molecule has 2 aliphatic heterocycles. The lowest BCUT2D eigenvalue weighted by atomic mass is 9.97. The van der Waals surface area contributed by atoms with Crippen LogP contribution in [-0.4, -0.2) is 58.1 Å². The van der Waals surface area contributed by atoms with Crippen LogP contribution < -0.4 is 10.1 Å². The van der Waals surface area contributed by atoms with E-state index in [1.54, 1.807) is 18.2 Å². The van der Waals surface area contributed by atoms with Crippen molar-refractivity contribution in [1.82, 2.24) is 9.62 Å². The summed E-state index contributed by atoms with van der Waals surface area (Å²) < 4.78 is 37.7. The number of piperidine rings is 1. The molecule has 1 atom stereocenters. The Labute approximate surface area is 154 Å². The number of methoxy groups -OCH3 is 1. The number of hydrogen-bond donors (Lipinski definition) is 1. The maximum absolute atomic E-state index is 12.9. The van der Waals surface area contributed by atoms with E-state index in [1.807, 2.05) is 0 Å². The van der Waals surface area contributed by atoms with Gasteiger partial charge in [0, 0.05) is 38.4 Å². The first kappa shape index (κ1) is 19.1. The first-order valence-electron chi connectivity index (χ1n) is 9.03. The predicted molar refractivity (Wildman–Crippen MR) is 96.5 cm³/mol. The van der Waals surface area contributed by atoms with Crippen molar-refractivity contribution in [1.29, 1.82) is 0 Å². The number of benzene rings is 1. The van der Waals surface area contributed by atoms with Gasteiger partial charge in [-0.1, -0.05) is 6.07 Å². The molecule has 0 saturated carbocycles. The van der Waals surface area contributed by atoms with Crippen molar-refractivity contribution in [2.45, 2.75) is 36.6 Å². The number of nitrogens with zero attached hydrogens (tertiary/aromatic N) is 1. The lowest BCUT2D eigenvalue weighted by Gasteiger charge is -2.32. The zero-order valence-electron chi connectivity index (χ0n) is 15.0. The van der Waals surface area contributed by atoms with Gasteiger partial charge in [-0.05, 0) is 37.8 Å². The highest BCUT2D eigenvalue weighted by Crippen LogP contribution is 2.26. The van der Waals surface area contributed by atoms with Gasteiger partial charge in [-0.2, -0.15) is 4.31 Å². The van der Waals surface area contributed by atoms with Crippen LogP contribution in [0.4, 0.5) is 0 Å². The van der Waals surface area contributed by atoms with Crippen molar-refractivity contribution >= 4 is 15.9 Å². The van der Waals surface area contributed by atoms with Crippen LogP contribution in [-0.2, 0) is 19.6 Å². The standard InChI is InChI=1S/C18H26N2O5S/c1-24-16-5-2-6-17(12-16)26(22,23)20-9-3-4-14(13-20)18(21)19-15-7-10-25-11-8-15/h2,5-6,12,14-15H,3-4,7-11,13H2,1H3,(H,19,21). The minimum absolute atomic E-state index is 0.0533. The first-order chi connectivity index (χ1) is 12.5. The highest BCUT2D eigenvalue weighted by molar-refractivity contribution is 7.89. The summed E-state index contributed by atoms with van der Waals surface area (Å²) in [6, 6.07) is 6.57. The monoisotopic (exact) mass is 382 g/mol. The van der Waals surface area contributed by atoms with Gasteiger partial charge in [0.05, 0.1) is 17.9 Å². The average molecular weight is 382 g/mol. The Kier molecular flexibility index (Phi) is 6.16. The molecule has 8 heteroatoms. The number of nitrogens with one attached hydrogen (secondary N) is 1. The van der Waals surface area contributed by atoms with E-state index in [0.717, 1.165) is 12.8 Å². The van der Waals surface area contributed by atoms with Gasteiger partial charge in [-0.25, -0.2) is 8.42 Å². The number of hydrogen-bond acceptors (Lipinski definition) is 5. The molecule has 3 rings (SSSR count). The van der Waals surface area contributed by atoms with E-state index in [1.165, 1.54) is 17.5 Å². The van der Waals surface area contributed by atoms with Crippen LogP contribution in [0.25, 0.3) is 0 Å². The van der Waals surface area contributed by atoms with Crippen molar-refractivity contribution in [3.8, 4) is 5.75 Å². The fraction of sp³-hybridized carbons (Fsp3) is 0.611. The van der Waals surface area contributed by atoms with Crippen LogP contribution in [0, 0.1) is 5.92 Å². The number of ether oxygens (including phenoxy) is 2. The quantitative estimate of drug-likeness (QED) is 0.832. The molecule has 26 heavy (non-hydrogen) atoms. The minimum atomic E-state index is -3.64. The summed E-state index contributed by atoms with van der Waals surface area (Å²) in [4.78, 5) is 12.8. The zero-order valence-corrected chi connectivity index (χ0v) is 15.8. The van der Waals surface area contributed by atoms with Gasteiger partial charge < -0.3 is 14.8 Å². The lowest BCUT2D eigenvalue weighted by Crippen LogP contribution is -2.48. The predicted octanol–water partition coefficient (Wildman–Crippen LogP) is 1.39. The smallest absolute Gasteiger partial charge is 0.243 e. The molecule has 1 amide bonds. The van der Waals surface area contributed by atoms with Crippen molar-refractivity contribution < 1.29 is 22.7 Å². The summed E-state index contributed by atoms with van der Waals surface area (Å²) in [7, 11) is -2.14. The summed E-state index contributed by atoms with van der Waals surface area (Å²) in [5, 5.41) is 3.06. The van der Waals surface area contributed by atoms with Crippen LogP contribution in [0.1, 0.15) is 25.7 Å². The third-order valence-corrected chi connectivity index (χ3v) is 6.86. The molecule has 2 fully saturated rings. The fourth-order valence-corrected chi connectivity index (χ4v) is 5.01. The number of carbonyl (C=O) groups excluding carboxylic acids is 1. The van der Waals surface area contributed by atoms with Gasteiger partial charge in [0.15, 0.2) is 0 Å². The largest absolute Gasteiger partial charge is 0.497 e. The zero-order chi connectivity index (χ0) is 18.6. The van der Waals surface area contributed by atoms with Crippen molar-refractivity contribution in [2.24, 2.45) is 5.92 Å². The molecule has 1 N–H and O–H groups in total. The van der Waals surface area contributed by atoms with Gasteiger partial charge in [-0.15, -0.1) is 0 Å². The fourth-order valence-electron chi connectivity index (χ4n) is 3.45. The number of sulfonamides is 1. The maximum Gasteiger partial charge on any atom is 0.243 e. The van der Waals surface area contributed by atoms with Crippen LogP contribution >= 0.6 is 0 Å². The Morgan fingerprint density at radius 2 is 2.04 bits per heavy atom. The molecular weight excluding hydrogens is 356 g/mol. The van der Waals surface area contributed by atoms with Crippen LogP contribution in [0.3, 0.4) is 0 Å². The number of carbonyl (C=O) groups is 1. The maximum atomic E-state index is 12.9. The molecule has 2 aliphatic rings. The molecule has 7 nitrogen and oxygen atoms in total. The molecule has 0 bridgehead atoms. The van der Waals surface area contributed by atoms with Crippen LogP contribution in [0.15, 0.2) is 29.2 Å². The molecule has 0 spiro atoms. The highest BCUT2D eigenvalue weighted by atomic mass is 32.2. The molecule has 1 unspecified atom stereocenters. The topological polar surface area (TPSA) is 84.9 Å². The van der Waals surface area contributed by atoms with Gasteiger partial charge in [0.1, 0.15) is 5.75 Å². The normalized spacial score (nSPS) is 22.7. The molecule has 144 valence electrons. The van der Waals surface area contributed by atoms with Gasteiger partial charge >= 0.3 is 0 Å². The van der Waals surface area contributed by atoms with E-state index in [0.29, 0.717) is 38.3 Å². The Morgan fingerprint density at radius 3 is 2.77 bits per heavy atom. The SMILES string of the molecule is COc1cccc(S(=O)(=O)N2CCCC(C(=O)NC3CCOCC3)C2)c1. The summed E-state index contributed by atoms with van der Waals surface area (Å²) in [6.45, 7) is 1.97. The van der Waals surface area contributed by atoms with Gasteiger partial charge in [0.2, 0.25) is 15.9 Å². The highest BCUT2D eigenvalue weighted by Gasteiger charge is 2.34. The molecule has 2 saturated heterocycles. The van der Waals surface area contributed by atoms with Crippen molar-refractivity contribution in [3.63, 3.8) is 0 Å². The second kappa shape index (κ2) is 8.37. The van der Waals surface area contributed by atoms with Crippen molar-refractivity contribution in [3.05, 3.63) is 24.3 Å². The molecule has 1 aromatic carbocycles. The van der Waals surface area contributed by atoms with Gasteiger partial charge in [-0.3, -0.25) is 4.79 Å². The summed E-state index contributed by atoms with van der Waals surface area (Å²) >= 11 is 0. The minimum Gasteiger partial charge on any atom is -0.497 e. The van der Waals surface area contributed by atoms with E-state index in [4.69, 9.17) is 9.47 Å². The van der Waals surface area contributed by atoms with Crippen LogP contribution in [0.2, 0.25) is 0 Å². The molecule has 0 aliphatic carbocycles. The molecule has 2 heterocycles. The van der Waals surface area contributed by atoms with Gasteiger partial charge in [0.25, 0.3) is 0 Å². The van der Waals surface area contributed by atoms with E-state index < -0.39 is 10.0 Å². The van der Waals surface area contributed by atoms with Crippen molar-refractivity contribution in [2.75, 3.05) is 33.4 Å². The van der Waals surface area contributed by atoms with Crippen LogP contribution in [0.5, 0.6) is 5.75 Å². The Bertz CT molecular complexity index is 731. The summed E-state index contributed by atoms with van der Waals surface area (Å²) in [5.74, 6) is 0.131. The molecule has 1 aromatic rings. The first-order valence-corrected chi connectivity index (χ1v) is 10.5. The van der Waals surface area contributed by atoms with E-state index in [9.17, 15) is 13.2 Å². The van der Waals surface area contributed by atoms with E-state index >= 15 is 0 Å². The third-order valence-electron chi connectivity index (χ3n) is 5.00. The van der Waals surface area contributed by atoms with E-state index in [2.05, 4.69) is 5.32 Å². The Balaban J connectivity index is 1.67. The second-order valence-electron chi connectivity index (χ2n) is 6.78. The molecule has 0 aromatic heterocycles. The second-order valence-corrected chi connectivity index (χ2v) is 8.71. The number of rotatable bonds is 5. The average Bonchev–Trinajstić information content (AvgIpc) is 2.69. The number of amides is 1. The molecule has 0 radical (unpaired) electrons.